The molecule has 0 spiro atoms. The number of esters is 1. The van der Waals surface area contributed by atoms with Crippen molar-refractivity contribution in [2.24, 2.45) is 0 Å². The number of Topliss-reactive ketones (excluding diaryl/α,β-unsaturated/α-hetero) is 1. The van der Waals surface area contributed by atoms with Gasteiger partial charge in [0.1, 0.15) is 0 Å². The fourth-order valence-electron chi connectivity index (χ4n) is 2.58. The minimum atomic E-state index is -0.916. The van der Waals surface area contributed by atoms with Gasteiger partial charge in [0.15, 0.2) is 0 Å². The molecule has 126 valence electrons. The minimum absolute atomic E-state index is 0.0884. The van der Waals surface area contributed by atoms with Crippen molar-refractivity contribution in [3.63, 3.8) is 0 Å². The minimum Gasteiger partial charge on any atom is -0.480 e. The number of pyridine rings is 1. The zero-order valence-electron chi connectivity index (χ0n) is 14.0. The maximum Gasteiger partial charge on any atom is 0.379 e. The molecule has 0 aliphatic rings. The summed E-state index contributed by atoms with van der Waals surface area (Å²) in [6, 6.07) is 17.2. The predicted octanol–water partition coefficient (Wildman–Crippen LogP) is 3.66. The average Bonchev–Trinajstić information content (AvgIpc) is 2.66. The van der Waals surface area contributed by atoms with Crippen LogP contribution >= 0.6 is 0 Å². The second kappa shape index (κ2) is 7.13. The maximum atomic E-state index is 12.1. The lowest BCUT2D eigenvalue weighted by molar-refractivity contribution is -0.137. The Morgan fingerprint density at radius 2 is 1.76 bits per heavy atom. The fourth-order valence-corrected chi connectivity index (χ4v) is 2.58. The molecule has 3 aromatic rings. The van der Waals surface area contributed by atoms with E-state index in [2.05, 4.69) is 4.98 Å². The molecular weight excluding hydrogens is 318 g/mol. The number of benzene rings is 2. The Morgan fingerprint density at radius 3 is 2.48 bits per heavy atom. The third-order valence-electron chi connectivity index (χ3n) is 3.80. The first-order valence-corrected chi connectivity index (χ1v) is 7.89. The molecule has 1 aromatic heterocycles. The molecule has 0 fully saturated rings. The first-order chi connectivity index (χ1) is 12.1. The molecule has 0 atom stereocenters. The van der Waals surface area contributed by atoms with Crippen LogP contribution in [0.1, 0.15) is 17.3 Å². The number of hydrogen-bond acceptors (Lipinski definition) is 5. The Balaban J connectivity index is 2.00. The number of aromatic nitrogens is 1. The molecule has 0 saturated heterocycles. The lowest BCUT2D eigenvalue weighted by atomic mass is 10.0. The Bertz CT molecular complexity index is 949. The molecule has 5 heteroatoms. The number of rotatable bonds is 5. The van der Waals surface area contributed by atoms with Gasteiger partial charge in [-0.1, -0.05) is 36.4 Å². The number of ether oxygens (including phenoxy) is 2. The highest BCUT2D eigenvalue weighted by Gasteiger charge is 2.23. The number of hydrogen-bond donors (Lipinski definition) is 0. The summed E-state index contributed by atoms with van der Waals surface area (Å²) >= 11 is 0. The lowest BCUT2D eigenvalue weighted by Crippen LogP contribution is -2.18. The number of carbonyl (C=O) groups is 2. The van der Waals surface area contributed by atoms with Gasteiger partial charge in [0, 0.05) is 5.56 Å². The fraction of sp³-hybridized carbons (Fsp3) is 0.150. The average molecular weight is 335 g/mol. The van der Waals surface area contributed by atoms with Crippen LogP contribution in [-0.4, -0.2) is 30.5 Å². The quantitative estimate of drug-likeness (QED) is 0.404. The molecule has 5 nitrogen and oxygen atoms in total. The van der Waals surface area contributed by atoms with E-state index >= 15 is 0 Å². The summed E-state index contributed by atoms with van der Waals surface area (Å²) in [4.78, 5) is 28.2. The van der Waals surface area contributed by atoms with Crippen LogP contribution in [0.15, 0.2) is 54.6 Å². The van der Waals surface area contributed by atoms with Crippen LogP contribution in [0.3, 0.4) is 0 Å². The Hall–Kier alpha value is -3.21. The molecular formula is C20H17NO4. The molecule has 0 aliphatic heterocycles. The van der Waals surface area contributed by atoms with Crippen molar-refractivity contribution in [3.05, 3.63) is 60.2 Å². The van der Waals surface area contributed by atoms with Crippen LogP contribution in [0.2, 0.25) is 0 Å². The van der Waals surface area contributed by atoms with Crippen molar-refractivity contribution >= 4 is 22.5 Å². The molecule has 2 aromatic carbocycles. The van der Waals surface area contributed by atoms with Crippen LogP contribution < -0.4 is 4.74 Å². The number of nitrogens with zero attached hydrogens (tertiary/aromatic N) is 1. The first kappa shape index (κ1) is 16.6. The molecule has 3 rings (SSSR count). The van der Waals surface area contributed by atoms with Gasteiger partial charge < -0.3 is 9.47 Å². The summed E-state index contributed by atoms with van der Waals surface area (Å²) in [6.45, 7) is 1.78. The molecule has 0 saturated carbocycles. The van der Waals surface area contributed by atoms with Gasteiger partial charge in [-0.05, 0) is 35.9 Å². The third-order valence-corrected chi connectivity index (χ3v) is 3.80. The van der Waals surface area contributed by atoms with Gasteiger partial charge in [-0.2, -0.15) is 0 Å². The maximum absolute atomic E-state index is 12.1. The van der Waals surface area contributed by atoms with E-state index in [4.69, 9.17) is 9.47 Å². The summed E-state index contributed by atoms with van der Waals surface area (Å²) in [5.74, 6) is -1.58. The van der Waals surface area contributed by atoms with Crippen molar-refractivity contribution < 1.29 is 19.1 Å². The van der Waals surface area contributed by atoms with Gasteiger partial charge in [-0.15, -0.1) is 0 Å². The highest BCUT2D eigenvalue weighted by atomic mass is 16.5. The van der Waals surface area contributed by atoms with Crippen molar-refractivity contribution in [1.29, 1.82) is 0 Å². The molecule has 0 N–H and O–H groups in total. The van der Waals surface area contributed by atoms with E-state index in [0.29, 0.717) is 5.69 Å². The Kier molecular flexibility index (Phi) is 4.75. The van der Waals surface area contributed by atoms with Crippen LogP contribution in [0.25, 0.3) is 22.0 Å². The summed E-state index contributed by atoms with van der Waals surface area (Å²) in [7, 11) is 1.41. The van der Waals surface area contributed by atoms with Gasteiger partial charge in [-0.25, -0.2) is 9.78 Å². The van der Waals surface area contributed by atoms with Crippen LogP contribution in [0.4, 0.5) is 0 Å². The highest BCUT2D eigenvalue weighted by Crippen LogP contribution is 2.26. The number of ketones is 1. The van der Waals surface area contributed by atoms with Crippen molar-refractivity contribution in [2.75, 3.05) is 13.7 Å². The predicted molar refractivity (Wildman–Crippen MR) is 94.7 cm³/mol. The van der Waals surface area contributed by atoms with Crippen LogP contribution in [0, 0.1) is 0 Å². The van der Waals surface area contributed by atoms with Crippen molar-refractivity contribution in [1.82, 2.24) is 4.98 Å². The highest BCUT2D eigenvalue weighted by molar-refractivity contribution is 6.41. The monoisotopic (exact) mass is 335 g/mol. The molecule has 0 radical (unpaired) electrons. The van der Waals surface area contributed by atoms with E-state index in [1.807, 2.05) is 42.5 Å². The van der Waals surface area contributed by atoms with E-state index in [1.54, 1.807) is 13.0 Å². The van der Waals surface area contributed by atoms with Crippen LogP contribution in [-0.2, 0) is 9.53 Å². The Morgan fingerprint density at radius 1 is 1.00 bits per heavy atom. The molecule has 0 aliphatic carbocycles. The van der Waals surface area contributed by atoms with E-state index in [-0.39, 0.29) is 18.1 Å². The van der Waals surface area contributed by atoms with Gasteiger partial charge >= 0.3 is 5.97 Å². The smallest absolute Gasteiger partial charge is 0.379 e. The largest absolute Gasteiger partial charge is 0.480 e. The summed E-state index contributed by atoms with van der Waals surface area (Å²) in [5, 5.41) is 2.22. The van der Waals surface area contributed by atoms with Crippen molar-refractivity contribution in [2.45, 2.75) is 6.92 Å². The summed E-state index contributed by atoms with van der Waals surface area (Å²) in [6.07, 6.45) is 0. The van der Waals surface area contributed by atoms with E-state index in [9.17, 15) is 9.59 Å². The topological polar surface area (TPSA) is 65.5 Å². The van der Waals surface area contributed by atoms with Gasteiger partial charge in [-0.3, -0.25) is 4.79 Å². The van der Waals surface area contributed by atoms with Gasteiger partial charge in [0.05, 0.1) is 25.0 Å². The summed E-state index contributed by atoms with van der Waals surface area (Å²) in [5.41, 5.74) is 1.64. The second-order valence-corrected chi connectivity index (χ2v) is 5.36. The molecule has 0 amide bonds. The number of fused-ring (bicyclic) bond motifs is 1. The van der Waals surface area contributed by atoms with E-state index < -0.39 is 11.8 Å². The third kappa shape index (κ3) is 3.35. The number of carbonyl (C=O) groups excluding carboxylic acids is 2. The zero-order chi connectivity index (χ0) is 17.8. The van der Waals surface area contributed by atoms with Crippen molar-refractivity contribution in [3.8, 4) is 17.1 Å². The zero-order valence-corrected chi connectivity index (χ0v) is 14.0. The molecule has 25 heavy (non-hydrogen) atoms. The number of methoxy groups -OCH3 is 1. The van der Waals surface area contributed by atoms with E-state index in [0.717, 1.165) is 16.3 Å². The normalized spacial score (nSPS) is 10.5. The van der Waals surface area contributed by atoms with E-state index in [1.165, 1.54) is 13.2 Å². The Labute approximate surface area is 145 Å². The van der Waals surface area contributed by atoms with Gasteiger partial charge in [0.25, 0.3) is 5.78 Å². The van der Waals surface area contributed by atoms with Crippen LogP contribution in [0.5, 0.6) is 5.88 Å². The second-order valence-electron chi connectivity index (χ2n) is 5.36. The SMILES string of the molecule is CCOC(=O)C(=O)c1ccc(-c2ccc3ccccc3c2)nc1OC. The summed E-state index contributed by atoms with van der Waals surface area (Å²) < 4.78 is 9.95. The molecule has 1 heterocycles. The first-order valence-electron chi connectivity index (χ1n) is 7.89. The standard InChI is InChI=1S/C20H17NO4/c1-3-25-20(23)18(22)16-10-11-17(21-19(16)24-2)15-9-8-13-6-4-5-7-14(13)12-15/h4-12H,3H2,1-2H3. The molecule has 0 bridgehead atoms. The molecule has 0 unspecified atom stereocenters. The lowest BCUT2D eigenvalue weighted by Gasteiger charge is -2.09. The van der Waals surface area contributed by atoms with Gasteiger partial charge in [0.2, 0.25) is 5.88 Å².